The van der Waals surface area contributed by atoms with Gasteiger partial charge in [0.05, 0.1) is 12.4 Å². The molecule has 2 amide bonds. The molecule has 1 aliphatic rings. The third-order valence-electron chi connectivity index (χ3n) is 5.01. The lowest BCUT2D eigenvalue weighted by atomic mass is 10.1. The highest BCUT2D eigenvalue weighted by molar-refractivity contribution is 8.00. The van der Waals surface area contributed by atoms with E-state index in [0.717, 1.165) is 54.6 Å². The summed E-state index contributed by atoms with van der Waals surface area (Å²) in [5.74, 6) is 1.29. The highest BCUT2D eigenvalue weighted by Crippen LogP contribution is 2.23. The molecule has 160 valence electrons. The summed E-state index contributed by atoms with van der Waals surface area (Å²) in [6.07, 6.45) is 0. The fraction of sp³-hybridized carbons (Fsp3) is 0.391. The number of hydrogen-bond donors (Lipinski definition) is 1. The Labute approximate surface area is 182 Å². The van der Waals surface area contributed by atoms with Crippen LogP contribution in [-0.2, 0) is 16.1 Å². The van der Waals surface area contributed by atoms with Gasteiger partial charge in [0.2, 0.25) is 11.8 Å². The molecule has 1 heterocycles. The van der Waals surface area contributed by atoms with Crippen LogP contribution < -0.4 is 10.1 Å². The van der Waals surface area contributed by atoms with Crippen LogP contribution in [0.15, 0.2) is 53.4 Å². The number of ether oxygens (including phenoxy) is 1. The van der Waals surface area contributed by atoms with Gasteiger partial charge in [0.1, 0.15) is 5.75 Å². The molecule has 1 fully saturated rings. The second-order valence-corrected chi connectivity index (χ2v) is 8.23. The summed E-state index contributed by atoms with van der Waals surface area (Å²) < 4.78 is 5.45. The molecule has 2 aromatic rings. The van der Waals surface area contributed by atoms with E-state index in [2.05, 4.69) is 10.2 Å². The molecule has 0 atom stereocenters. The van der Waals surface area contributed by atoms with Crippen LogP contribution in [0, 0.1) is 0 Å². The lowest BCUT2D eigenvalue weighted by Crippen LogP contribution is -2.47. The highest BCUT2D eigenvalue weighted by Gasteiger charge is 2.19. The number of benzene rings is 2. The average Bonchev–Trinajstić information content (AvgIpc) is 2.75. The lowest BCUT2D eigenvalue weighted by molar-refractivity contribution is -0.130. The quantitative estimate of drug-likeness (QED) is 0.654. The number of hydrogen-bond acceptors (Lipinski definition) is 5. The Balaban J connectivity index is 1.51. The van der Waals surface area contributed by atoms with Crippen LogP contribution in [0.5, 0.6) is 5.75 Å². The van der Waals surface area contributed by atoms with Crippen molar-refractivity contribution in [3.63, 3.8) is 0 Å². The number of carbonyl (C=O) groups is 2. The van der Waals surface area contributed by atoms with Gasteiger partial charge in [-0.25, -0.2) is 0 Å². The number of piperazine rings is 1. The molecule has 7 heteroatoms. The fourth-order valence-corrected chi connectivity index (χ4v) is 4.07. The van der Waals surface area contributed by atoms with Crippen LogP contribution in [0.4, 0.5) is 5.69 Å². The number of carbonyl (C=O) groups excluding carboxylic acids is 2. The first kappa shape index (κ1) is 22.2. The Hall–Kier alpha value is -2.51. The SMILES string of the molecule is CCOc1ccc(SCC(=O)Nc2ccccc2CN2CCN(C(C)=O)CC2)cc1. The summed E-state index contributed by atoms with van der Waals surface area (Å²) in [6, 6.07) is 15.7. The van der Waals surface area contributed by atoms with Gasteiger partial charge in [-0.2, -0.15) is 0 Å². The summed E-state index contributed by atoms with van der Waals surface area (Å²) in [5, 5.41) is 3.05. The number of rotatable bonds is 8. The predicted octanol–water partition coefficient (Wildman–Crippen LogP) is 3.48. The normalized spacial score (nSPS) is 14.4. The van der Waals surface area contributed by atoms with Gasteiger partial charge in [-0.3, -0.25) is 14.5 Å². The molecule has 6 nitrogen and oxygen atoms in total. The van der Waals surface area contributed by atoms with Crippen molar-refractivity contribution in [2.75, 3.05) is 43.9 Å². The molecule has 3 rings (SSSR count). The van der Waals surface area contributed by atoms with E-state index >= 15 is 0 Å². The molecule has 2 aromatic carbocycles. The molecule has 0 aliphatic carbocycles. The van der Waals surface area contributed by atoms with Crippen molar-refractivity contribution >= 4 is 29.3 Å². The minimum Gasteiger partial charge on any atom is -0.494 e. The van der Waals surface area contributed by atoms with Gasteiger partial charge in [-0.1, -0.05) is 18.2 Å². The second kappa shape index (κ2) is 11.0. The van der Waals surface area contributed by atoms with Crippen molar-refractivity contribution in [2.45, 2.75) is 25.3 Å². The van der Waals surface area contributed by atoms with E-state index in [1.165, 1.54) is 11.8 Å². The topological polar surface area (TPSA) is 61.9 Å². The molecule has 0 bridgehead atoms. The zero-order chi connectivity index (χ0) is 21.3. The minimum atomic E-state index is -0.0252. The third kappa shape index (κ3) is 6.50. The maximum atomic E-state index is 12.5. The third-order valence-corrected chi connectivity index (χ3v) is 6.02. The minimum absolute atomic E-state index is 0.0252. The smallest absolute Gasteiger partial charge is 0.234 e. The first-order valence-corrected chi connectivity index (χ1v) is 11.2. The van der Waals surface area contributed by atoms with Crippen LogP contribution >= 0.6 is 11.8 Å². The van der Waals surface area contributed by atoms with Gasteiger partial charge in [-0.15, -0.1) is 11.8 Å². The van der Waals surface area contributed by atoms with Crippen molar-refractivity contribution in [3.8, 4) is 5.75 Å². The summed E-state index contributed by atoms with van der Waals surface area (Å²) >= 11 is 1.50. The first-order chi connectivity index (χ1) is 14.5. The fourth-order valence-electron chi connectivity index (χ4n) is 3.38. The Bertz CT molecular complexity index is 849. The van der Waals surface area contributed by atoms with Crippen molar-refractivity contribution < 1.29 is 14.3 Å². The van der Waals surface area contributed by atoms with Gasteiger partial charge in [0, 0.05) is 50.2 Å². The first-order valence-electron chi connectivity index (χ1n) is 10.3. The molecular weight excluding hydrogens is 398 g/mol. The molecule has 0 saturated carbocycles. The standard InChI is InChI=1S/C23H29N3O3S/c1-3-29-20-8-10-21(11-9-20)30-17-23(28)24-22-7-5-4-6-19(22)16-25-12-14-26(15-13-25)18(2)27/h4-11H,3,12-17H2,1-2H3,(H,24,28). The van der Waals surface area contributed by atoms with Gasteiger partial charge in [-0.05, 0) is 42.8 Å². The van der Waals surface area contributed by atoms with Gasteiger partial charge in [0.15, 0.2) is 0 Å². The molecule has 1 aliphatic heterocycles. The summed E-state index contributed by atoms with van der Waals surface area (Å²) in [4.78, 5) is 29.2. The number of para-hydroxylation sites is 1. The largest absolute Gasteiger partial charge is 0.494 e. The number of anilines is 1. The maximum absolute atomic E-state index is 12.5. The molecule has 0 radical (unpaired) electrons. The Kier molecular flexibility index (Phi) is 8.16. The molecule has 0 aromatic heterocycles. The molecular formula is C23H29N3O3S. The molecule has 0 spiro atoms. The van der Waals surface area contributed by atoms with Crippen molar-refractivity contribution in [2.24, 2.45) is 0 Å². The van der Waals surface area contributed by atoms with Crippen LogP contribution in [0.2, 0.25) is 0 Å². The molecule has 1 saturated heterocycles. The van der Waals surface area contributed by atoms with E-state index in [-0.39, 0.29) is 11.8 Å². The molecule has 1 N–H and O–H groups in total. The van der Waals surface area contributed by atoms with Crippen molar-refractivity contribution in [1.29, 1.82) is 0 Å². The monoisotopic (exact) mass is 427 g/mol. The zero-order valence-corrected chi connectivity index (χ0v) is 18.4. The second-order valence-electron chi connectivity index (χ2n) is 7.18. The maximum Gasteiger partial charge on any atom is 0.234 e. The van der Waals surface area contributed by atoms with E-state index in [1.54, 1.807) is 6.92 Å². The van der Waals surface area contributed by atoms with E-state index < -0.39 is 0 Å². The predicted molar refractivity (Wildman–Crippen MR) is 121 cm³/mol. The molecule has 0 unspecified atom stereocenters. The summed E-state index contributed by atoms with van der Waals surface area (Å²) in [5.41, 5.74) is 1.94. The Morgan fingerprint density at radius 1 is 1.03 bits per heavy atom. The zero-order valence-electron chi connectivity index (χ0n) is 17.6. The Morgan fingerprint density at radius 2 is 1.73 bits per heavy atom. The van der Waals surface area contributed by atoms with Gasteiger partial charge >= 0.3 is 0 Å². The highest BCUT2D eigenvalue weighted by atomic mass is 32.2. The van der Waals surface area contributed by atoms with Crippen LogP contribution in [0.25, 0.3) is 0 Å². The van der Waals surface area contributed by atoms with E-state index in [1.807, 2.05) is 60.4 Å². The van der Waals surface area contributed by atoms with Crippen LogP contribution in [-0.4, -0.2) is 60.2 Å². The van der Waals surface area contributed by atoms with Crippen molar-refractivity contribution in [1.82, 2.24) is 9.80 Å². The summed E-state index contributed by atoms with van der Waals surface area (Å²) in [6.45, 7) is 8.16. The van der Waals surface area contributed by atoms with E-state index in [4.69, 9.17) is 4.74 Å². The average molecular weight is 428 g/mol. The van der Waals surface area contributed by atoms with Crippen molar-refractivity contribution in [3.05, 3.63) is 54.1 Å². The van der Waals surface area contributed by atoms with Gasteiger partial charge < -0.3 is 15.0 Å². The number of thioether (sulfide) groups is 1. The van der Waals surface area contributed by atoms with E-state index in [0.29, 0.717) is 12.4 Å². The van der Waals surface area contributed by atoms with Crippen LogP contribution in [0.1, 0.15) is 19.4 Å². The lowest BCUT2D eigenvalue weighted by Gasteiger charge is -2.34. The Morgan fingerprint density at radius 3 is 2.40 bits per heavy atom. The number of nitrogens with zero attached hydrogens (tertiary/aromatic N) is 2. The van der Waals surface area contributed by atoms with Crippen LogP contribution in [0.3, 0.4) is 0 Å². The number of amides is 2. The summed E-state index contributed by atoms with van der Waals surface area (Å²) in [7, 11) is 0. The number of nitrogens with one attached hydrogen (secondary N) is 1. The van der Waals surface area contributed by atoms with E-state index in [9.17, 15) is 9.59 Å². The molecule has 30 heavy (non-hydrogen) atoms. The van der Waals surface area contributed by atoms with Gasteiger partial charge in [0.25, 0.3) is 0 Å².